The Balaban J connectivity index is 2.13. The molecule has 0 aliphatic heterocycles. The molecule has 0 amide bonds. The topological polar surface area (TPSA) is 84.2 Å². The molecule has 0 radical (unpaired) electrons. The van der Waals surface area contributed by atoms with Crippen molar-refractivity contribution in [3.63, 3.8) is 0 Å². The molecule has 2 aromatic rings. The molecule has 2 rings (SSSR count). The van der Waals surface area contributed by atoms with Gasteiger partial charge in [-0.2, -0.15) is 5.10 Å². The molecule has 0 aliphatic rings. The van der Waals surface area contributed by atoms with Gasteiger partial charge in [0, 0.05) is 24.8 Å². The number of hydrogen-bond donors (Lipinski definition) is 2. The number of para-hydroxylation sites is 1. The molecular weight excluding hydrogens is 278 g/mol. The molecule has 0 fully saturated rings. The number of hydrogen-bond acceptors (Lipinski definition) is 4. The highest BCUT2D eigenvalue weighted by molar-refractivity contribution is 7.88. The van der Waals surface area contributed by atoms with Gasteiger partial charge in [0.25, 0.3) is 0 Å². The fourth-order valence-electron chi connectivity index (χ4n) is 1.97. The van der Waals surface area contributed by atoms with Crippen LogP contribution < -0.4 is 4.72 Å². The van der Waals surface area contributed by atoms with Crippen molar-refractivity contribution in [1.82, 2.24) is 14.5 Å². The number of nitrogens with zero attached hydrogens (tertiary/aromatic N) is 2. The maximum Gasteiger partial charge on any atom is 0.217 e. The van der Waals surface area contributed by atoms with Crippen molar-refractivity contribution in [2.45, 2.75) is 18.7 Å². The Bertz CT molecular complexity index is 694. The van der Waals surface area contributed by atoms with Crippen LogP contribution in [0.1, 0.15) is 24.2 Å². The van der Waals surface area contributed by atoms with Crippen LogP contribution in [0, 0.1) is 0 Å². The van der Waals surface area contributed by atoms with E-state index < -0.39 is 16.1 Å². The highest BCUT2D eigenvalue weighted by Gasteiger charge is 2.19. The smallest absolute Gasteiger partial charge is 0.217 e. The molecule has 0 aliphatic carbocycles. The van der Waals surface area contributed by atoms with Gasteiger partial charge in [-0.15, -0.1) is 0 Å². The van der Waals surface area contributed by atoms with E-state index in [9.17, 15) is 13.5 Å². The largest absolute Gasteiger partial charge is 0.508 e. The first kappa shape index (κ1) is 14.5. The first-order valence-corrected chi connectivity index (χ1v) is 7.79. The van der Waals surface area contributed by atoms with E-state index in [4.69, 9.17) is 0 Å². The maximum absolute atomic E-state index is 12.1. The van der Waals surface area contributed by atoms with Crippen molar-refractivity contribution < 1.29 is 13.5 Å². The lowest BCUT2D eigenvalue weighted by Crippen LogP contribution is -2.28. The van der Waals surface area contributed by atoms with Crippen LogP contribution in [0.15, 0.2) is 36.5 Å². The number of phenolic OH excluding ortho intramolecular Hbond substituents is 1. The Hall–Kier alpha value is -1.86. The summed E-state index contributed by atoms with van der Waals surface area (Å²) < 4.78 is 28.3. The minimum absolute atomic E-state index is 0.0724. The second-order valence-corrected chi connectivity index (χ2v) is 6.36. The molecule has 0 bridgehead atoms. The fourth-order valence-corrected chi connectivity index (χ4v) is 3.39. The highest BCUT2D eigenvalue weighted by atomic mass is 32.2. The van der Waals surface area contributed by atoms with Crippen molar-refractivity contribution in [3.8, 4) is 5.75 Å². The quantitative estimate of drug-likeness (QED) is 0.871. The van der Waals surface area contributed by atoms with Crippen molar-refractivity contribution >= 4 is 10.0 Å². The van der Waals surface area contributed by atoms with Crippen molar-refractivity contribution in [2.24, 2.45) is 7.05 Å². The summed E-state index contributed by atoms with van der Waals surface area (Å²) >= 11 is 0. The number of nitrogens with one attached hydrogen (secondary N) is 1. The molecule has 1 aromatic heterocycles. The monoisotopic (exact) mass is 295 g/mol. The predicted molar refractivity (Wildman–Crippen MR) is 75.5 cm³/mol. The highest BCUT2D eigenvalue weighted by Crippen LogP contribution is 2.24. The first-order valence-electron chi connectivity index (χ1n) is 6.14. The third kappa shape index (κ3) is 3.37. The van der Waals surface area contributed by atoms with Gasteiger partial charge in [0.1, 0.15) is 11.5 Å². The fraction of sp³-hybridized carbons (Fsp3) is 0.308. The van der Waals surface area contributed by atoms with Crippen LogP contribution in [0.25, 0.3) is 0 Å². The number of sulfonamides is 1. The summed E-state index contributed by atoms with van der Waals surface area (Å²) in [4.78, 5) is 0. The van der Waals surface area contributed by atoms with Gasteiger partial charge in [-0.1, -0.05) is 18.2 Å². The van der Waals surface area contributed by atoms with Crippen LogP contribution in [0.4, 0.5) is 0 Å². The zero-order valence-corrected chi connectivity index (χ0v) is 12.1. The van der Waals surface area contributed by atoms with Crippen LogP contribution in [0.3, 0.4) is 0 Å². The Morgan fingerprint density at radius 2 is 2.05 bits per heavy atom. The van der Waals surface area contributed by atoms with E-state index in [2.05, 4.69) is 9.82 Å². The van der Waals surface area contributed by atoms with Gasteiger partial charge < -0.3 is 5.11 Å². The first-order chi connectivity index (χ1) is 9.39. The number of aryl methyl sites for hydroxylation is 1. The lowest BCUT2D eigenvalue weighted by atomic mass is 10.1. The van der Waals surface area contributed by atoms with E-state index in [1.165, 1.54) is 10.7 Å². The third-order valence-electron chi connectivity index (χ3n) is 3.02. The summed E-state index contributed by atoms with van der Waals surface area (Å²) in [6.07, 6.45) is 1.55. The summed E-state index contributed by atoms with van der Waals surface area (Å²) in [7, 11) is -1.82. The van der Waals surface area contributed by atoms with E-state index in [0.717, 1.165) is 0 Å². The third-order valence-corrected chi connectivity index (χ3v) is 4.41. The number of phenols is 1. The zero-order chi connectivity index (χ0) is 14.8. The molecule has 2 N–H and O–H groups in total. The molecule has 0 unspecified atom stereocenters. The normalized spacial score (nSPS) is 13.3. The summed E-state index contributed by atoms with van der Waals surface area (Å²) in [6.45, 7) is 1.69. The Kier molecular flexibility index (Phi) is 4.10. The predicted octanol–water partition coefficient (Wildman–Crippen LogP) is 1.31. The van der Waals surface area contributed by atoms with Gasteiger partial charge in [-0.25, -0.2) is 13.1 Å². The van der Waals surface area contributed by atoms with Gasteiger partial charge in [-0.3, -0.25) is 4.68 Å². The van der Waals surface area contributed by atoms with Crippen LogP contribution >= 0.6 is 0 Å². The summed E-state index contributed by atoms with van der Waals surface area (Å²) in [6, 6.07) is 7.81. The van der Waals surface area contributed by atoms with Crippen LogP contribution in [-0.2, 0) is 22.8 Å². The molecule has 1 aromatic carbocycles. The van der Waals surface area contributed by atoms with E-state index in [0.29, 0.717) is 11.3 Å². The molecule has 20 heavy (non-hydrogen) atoms. The molecule has 6 nitrogen and oxygen atoms in total. The Morgan fingerprint density at radius 1 is 1.35 bits per heavy atom. The molecule has 1 atom stereocenters. The van der Waals surface area contributed by atoms with E-state index in [1.807, 2.05) is 0 Å². The number of rotatable bonds is 5. The van der Waals surface area contributed by atoms with Crippen molar-refractivity contribution in [1.29, 1.82) is 0 Å². The molecule has 0 saturated carbocycles. The lowest BCUT2D eigenvalue weighted by Gasteiger charge is -2.15. The number of benzene rings is 1. The van der Waals surface area contributed by atoms with Crippen LogP contribution in [0.2, 0.25) is 0 Å². The van der Waals surface area contributed by atoms with E-state index >= 15 is 0 Å². The van der Waals surface area contributed by atoms with Gasteiger partial charge in [0.05, 0.1) is 5.69 Å². The maximum atomic E-state index is 12.1. The molecule has 0 saturated heterocycles. The van der Waals surface area contributed by atoms with Gasteiger partial charge in [-0.05, 0) is 19.1 Å². The second-order valence-electron chi connectivity index (χ2n) is 4.60. The lowest BCUT2D eigenvalue weighted by molar-refractivity contribution is 0.460. The molecular formula is C13H17N3O3S. The molecule has 1 heterocycles. The zero-order valence-electron chi connectivity index (χ0n) is 11.3. The second kappa shape index (κ2) is 5.64. The number of aromatic nitrogens is 2. The molecule has 0 spiro atoms. The van der Waals surface area contributed by atoms with Crippen LogP contribution in [-0.4, -0.2) is 23.3 Å². The number of aromatic hydroxyl groups is 1. The summed E-state index contributed by atoms with van der Waals surface area (Å²) in [5.41, 5.74) is 1.14. The van der Waals surface area contributed by atoms with Gasteiger partial charge >= 0.3 is 0 Å². The Morgan fingerprint density at radius 3 is 2.65 bits per heavy atom. The van der Waals surface area contributed by atoms with E-state index in [-0.39, 0.29) is 11.5 Å². The minimum Gasteiger partial charge on any atom is -0.508 e. The average Bonchev–Trinajstić information content (AvgIpc) is 2.74. The minimum atomic E-state index is -3.51. The molecule has 108 valence electrons. The van der Waals surface area contributed by atoms with Crippen LogP contribution in [0.5, 0.6) is 5.75 Å². The van der Waals surface area contributed by atoms with Gasteiger partial charge in [0.2, 0.25) is 10.0 Å². The summed E-state index contributed by atoms with van der Waals surface area (Å²) in [5, 5.41) is 13.7. The SMILES string of the molecule is C[C@@H](NS(=O)(=O)Cc1ccnn1C)c1ccccc1O. The van der Waals surface area contributed by atoms with Gasteiger partial charge in [0.15, 0.2) is 0 Å². The summed E-state index contributed by atoms with van der Waals surface area (Å²) in [5.74, 6) is -0.0789. The standard InChI is InChI=1S/C13H17N3O3S/c1-10(12-5-3-4-6-13(12)17)15-20(18,19)9-11-7-8-14-16(11)2/h3-8,10,15,17H,9H2,1-2H3/t10-/m1/s1. The molecule has 7 heteroatoms. The Labute approximate surface area is 118 Å². The van der Waals surface area contributed by atoms with Crippen molar-refractivity contribution in [3.05, 3.63) is 47.8 Å². The van der Waals surface area contributed by atoms with Crippen molar-refractivity contribution in [2.75, 3.05) is 0 Å². The van der Waals surface area contributed by atoms with E-state index in [1.54, 1.807) is 44.4 Å². The average molecular weight is 295 g/mol.